The van der Waals surface area contributed by atoms with Crippen molar-refractivity contribution in [2.24, 2.45) is 5.92 Å². The van der Waals surface area contributed by atoms with Crippen LogP contribution in [0.15, 0.2) is 42.5 Å². The smallest absolute Gasteiger partial charge is 0.333 e. The summed E-state index contributed by atoms with van der Waals surface area (Å²) in [6, 6.07) is 13.1. The molecule has 3 aromatic rings. The standard InChI is InChI=1S/C30H34N6O5/c1-2-41-29(38)21-10-12-35(13-11-21)18-19-6-8-20(9-7-19)26-25-27(33-32-26)22-4-3-5-23(24(22)28(25)37)31-30(39)34-36-14-16-40-17-15-36/h3-9,21H,2,10-18H2,1H3,(H,32,33)(H2,31,34,39). The molecule has 11 nitrogen and oxygen atoms in total. The lowest BCUT2D eigenvalue weighted by atomic mass is 9.96. The van der Waals surface area contributed by atoms with Gasteiger partial charge >= 0.3 is 12.0 Å². The average Bonchev–Trinajstić information content (AvgIpc) is 3.54. The summed E-state index contributed by atoms with van der Waals surface area (Å²) in [5.74, 6) is -0.264. The number of esters is 1. The lowest BCUT2D eigenvalue weighted by Crippen LogP contribution is -2.49. The molecule has 0 unspecified atom stereocenters. The molecule has 214 valence electrons. The molecular formula is C30H34N6O5. The van der Waals surface area contributed by atoms with Gasteiger partial charge in [0.1, 0.15) is 5.69 Å². The number of fused-ring (bicyclic) bond motifs is 3. The summed E-state index contributed by atoms with van der Waals surface area (Å²) in [6.45, 7) is 7.08. The van der Waals surface area contributed by atoms with Gasteiger partial charge in [0.2, 0.25) is 0 Å². The van der Waals surface area contributed by atoms with Crippen LogP contribution in [0.1, 0.15) is 41.3 Å². The minimum atomic E-state index is -0.400. The maximum absolute atomic E-state index is 13.7. The summed E-state index contributed by atoms with van der Waals surface area (Å²) in [4.78, 5) is 40.7. The van der Waals surface area contributed by atoms with Gasteiger partial charge in [-0.3, -0.25) is 25.0 Å². The number of aromatic amines is 1. The van der Waals surface area contributed by atoms with Gasteiger partial charge in [0, 0.05) is 30.8 Å². The van der Waals surface area contributed by atoms with Crippen molar-refractivity contribution < 1.29 is 23.9 Å². The minimum absolute atomic E-state index is 0.00753. The van der Waals surface area contributed by atoms with Crippen LogP contribution in [0.4, 0.5) is 10.5 Å². The monoisotopic (exact) mass is 558 g/mol. The lowest BCUT2D eigenvalue weighted by Gasteiger charge is -2.30. The number of hydrogen-bond acceptors (Lipinski definition) is 8. The van der Waals surface area contributed by atoms with E-state index in [1.165, 1.54) is 0 Å². The number of ether oxygens (including phenoxy) is 2. The first kappa shape index (κ1) is 27.1. The van der Waals surface area contributed by atoms with Crippen molar-refractivity contribution in [2.45, 2.75) is 26.3 Å². The number of rotatable bonds is 7. The molecule has 41 heavy (non-hydrogen) atoms. The number of anilines is 1. The number of urea groups is 1. The molecule has 0 bridgehead atoms. The normalized spacial score (nSPS) is 17.6. The summed E-state index contributed by atoms with van der Waals surface area (Å²) in [5.41, 5.74) is 8.20. The van der Waals surface area contributed by atoms with E-state index in [0.29, 0.717) is 61.1 Å². The first-order valence-electron chi connectivity index (χ1n) is 14.2. The average molecular weight is 559 g/mol. The summed E-state index contributed by atoms with van der Waals surface area (Å²) in [7, 11) is 0. The summed E-state index contributed by atoms with van der Waals surface area (Å²) >= 11 is 0. The van der Waals surface area contributed by atoms with Crippen molar-refractivity contribution in [3.05, 3.63) is 59.2 Å². The quantitative estimate of drug-likeness (QED) is 0.294. The molecule has 3 N–H and O–H groups in total. The van der Waals surface area contributed by atoms with Gasteiger partial charge < -0.3 is 14.8 Å². The molecule has 0 saturated carbocycles. The van der Waals surface area contributed by atoms with Gasteiger partial charge in [-0.25, -0.2) is 9.80 Å². The minimum Gasteiger partial charge on any atom is -0.466 e. The largest absolute Gasteiger partial charge is 0.466 e. The summed E-state index contributed by atoms with van der Waals surface area (Å²) in [5, 5.41) is 12.2. The topological polar surface area (TPSA) is 129 Å². The summed E-state index contributed by atoms with van der Waals surface area (Å²) in [6.07, 6.45) is 1.62. The second kappa shape index (κ2) is 11.8. The molecule has 3 heterocycles. The molecule has 1 aromatic heterocycles. The molecule has 11 heteroatoms. The van der Waals surface area contributed by atoms with E-state index < -0.39 is 6.03 Å². The van der Waals surface area contributed by atoms with Crippen LogP contribution < -0.4 is 10.7 Å². The van der Waals surface area contributed by atoms with Crippen molar-refractivity contribution in [1.82, 2.24) is 25.5 Å². The molecule has 2 saturated heterocycles. The third kappa shape index (κ3) is 5.61. The zero-order valence-electron chi connectivity index (χ0n) is 23.1. The second-order valence-electron chi connectivity index (χ2n) is 10.5. The highest BCUT2D eigenvalue weighted by molar-refractivity contribution is 6.26. The highest BCUT2D eigenvalue weighted by atomic mass is 16.5. The van der Waals surface area contributed by atoms with Crippen LogP contribution >= 0.6 is 0 Å². The van der Waals surface area contributed by atoms with Crippen LogP contribution in [0.2, 0.25) is 0 Å². The van der Waals surface area contributed by atoms with Crippen LogP contribution in [-0.2, 0) is 20.8 Å². The third-order valence-corrected chi connectivity index (χ3v) is 7.91. The Kier molecular flexibility index (Phi) is 7.82. The van der Waals surface area contributed by atoms with Gasteiger partial charge in [-0.2, -0.15) is 5.10 Å². The van der Waals surface area contributed by atoms with Crippen LogP contribution in [-0.4, -0.2) is 83.9 Å². The molecule has 2 amide bonds. The van der Waals surface area contributed by atoms with E-state index >= 15 is 0 Å². The number of carbonyl (C=O) groups is 3. The number of benzene rings is 2. The van der Waals surface area contributed by atoms with E-state index in [-0.39, 0.29) is 17.7 Å². The molecule has 0 spiro atoms. The number of morpholine rings is 1. The van der Waals surface area contributed by atoms with Crippen molar-refractivity contribution in [2.75, 3.05) is 51.3 Å². The van der Waals surface area contributed by atoms with Gasteiger partial charge in [0.05, 0.1) is 48.2 Å². The van der Waals surface area contributed by atoms with Crippen LogP contribution in [0, 0.1) is 5.92 Å². The molecule has 1 aliphatic carbocycles. The van der Waals surface area contributed by atoms with E-state index in [2.05, 4.69) is 38.0 Å². The number of aromatic nitrogens is 2. The number of H-pyrrole nitrogens is 1. The van der Waals surface area contributed by atoms with Crippen LogP contribution in [0.5, 0.6) is 0 Å². The van der Waals surface area contributed by atoms with Gasteiger partial charge in [-0.15, -0.1) is 0 Å². The highest BCUT2D eigenvalue weighted by Gasteiger charge is 2.35. The van der Waals surface area contributed by atoms with E-state index in [1.807, 2.05) is 31.2 Å². The van der Waals surface area contributed by atoms with Crippen molar-refractivity contribution >= 4 is 23.5 Å². The zero-order chi connectivity index (χ0) is 28.3. The number of hydrogen-bond donors (Lipinski definition) is 3. The fraction of sp³-hybridized carbons (Fsp3) is 0.400. The molecule has 6 rings (SSSR count). The van der Waals surface area contributed by atoms with E-state index in [0.717, 1.165) is 49.2 Å². The predicted molar refractivity (Wildman–Crippen MR) is 152 cm³/mol. The highest BCUT2D eigenvalue weighted by Crippen LogP contribution is 2.43. The van der Waals surface area contributed by atoms with Gasteiger partial charge in [-0.1, -0.05) is 36.4 Å². The fourth-order valence-corrected chi connectivity index (χ4v) is 5.78. The fourth-order valence-electron chi connectivity index (χ4n) is 5.78. The number of carbonyl (C=O) groups excluding carboxylic acids is 3. The van der Waals surface area contributed by atoms with Gasteiger partial charge in [0.25, 0.3) is 0 Å². The van der Waals surface area contributed by atoms with Crippen molar-refractivity contribution in [3.63, 3.8) is 0 Å². The molecule has 2 aliphatic heterocycles. The number of piperidine rings is 1. The SMILES string of the molecule is CCOC(=O)C1CCN(Cc2ccc(-c3n[nH]c4c3C(=O)c3c(NC(=O)NN5CCOCC5)cccc3-4)cc2)CC1. The second-order valence-corrected chi connectivity index (χ2v) is 10.5. The Labute approximate surface area is 238 Å². The number of hydrazine groups is 1. The Bertz CT molecular complexity index is 1440. The molecule has 0 atom stereocenters. The van der Waals surface area contributed by atoms with Gasteiger partial charge in [-0.05, 0) is 44.5 Å². The van der Waals surface area contributed by atoms with E-state index in [1.54, 1.807) is 11.1 Å². The number of amides is 2. The summed E-state index contributed by atoms with van der Waals surface area (Å²) < 4.78 is 10.5. The zero-order valence-corrected chi connectivity index (χ0v) is 23.1. The first-order valence-corrected chi connectivity index (χ1v) is 14.2. The van der Waals surface area contributed by atoms with E-state index in [9.17, 15) is 14.4 Å². The third-order valence-electron chi connectivity index (χ3n) is 7.91. The Morgan fingerprint density at radius 3 is 2.54 bits per heavy atom. The maximum atomic E-state index is 13.7. The molecule has 2 aromatic carbocycles. The maximum Gasteiger partial charge on any atom is 0.333 e. The Morgan fingerprint density at radius 2 is 1.80 bits per heavy atom. The van der Waals surface area contributed by atoms with Crippen molar-refractivity contribution in [1.29, 1.82) is 0 Å². The van der Waals surface area contributed by atoms with Gasteiger partial charge in [0.15, 0.2) is 5.78 Å². The van der Waals surface area contributed by atoms with Crippen molar-refractivity contribution in [3.8, 4) is 22.5 Å². The molecule has 0 radical (unpaired) electrons. The Morgan fingerprint density at radius 1 is 1.05 bits per heavy atom. The first-order chi connectivity index (χ1) is 20.0. The Balaban J connectivity index is 1.13. The molecular weight excluding hydrogens is 524 g/mol. The van der Waals surface area contributed by atoms with Crippen LogP contribution in [0.3, 0.4) is 0 Å². The molecule has 3 aliphatic rings. The Hall–Kier alpha value is -4.06. The van der Waals surface area contributed by atoms with E-state index in [4.69, 9.17) is 9.47 Å². The number of likely N-dealkylation sites (tertiary alicyclic amines) is 1. The number of ketones is 1. The predicted octanol–water partition coefficient (Wildman–Crippen LogP) is 3.43. The van der Waals surface area contributed by atoms with Crippen LogP contribution in [0.25, 0.3) is 22.5 Å². The number of nitrogens with zero attached hydrogens (tertiary/aromatic N) is 3. The number of nitrogens with one attached hydrogen (secondary N) is 3. The molecule has 2 fully saturated rings. The lowest BCUT2D eigenvalue weighted by molar-refractivity contribution is -0.149.